The van der Waals surface area contributed by atoms with Gasteiger partial charge in [0, 0.05) is 36.4 Å². The number of anilines is 1. The molecular formula is C16H25N3O2. The third kappa shape index (κ3) is 4.17. The lowest BCUT2D eigenvalue weighted by Gasteiger charge is -2.29. The van der Waals surface area contributed by atoms with E-state index in [1.165, 1.54) is 12.8 Å². The van der Waals surface area contributed by atoms with Crippen LogP contribution in [0.15, 0.2) is 18.2 Å². The van der Waals surface area contributed by atoms with Crippen LogP contribution in [0.5, 0.6) is 0 Å². The first-order chi connectivity index (χ1) is 9.97. The summed E-state index contributed by atoms with van der Waals surface area (Å²) in [6.07, 6.45) is 2.44. The molecule has 2 rings (SSSR count). The monoisotopic (exact) mass is 291 g/mol. The van der Waals surface area contributed by atoms with Gasteiger partial charge in [0.05, 0.1) is 4.92 Å². The first kappa shape index (κ1) is 15.8. The van der Waals surface area contributed by atoms with Crippen LogP contribution < -0.4 is 10.2 Å². The van der Waals surface area contributed by atoms with Crippen molar-refractivity contribution in [2.24, 2.45) is 5.92 Å². The van der Waals surface area contributed by atoms with Crippen molar-refractivity contribution in [2.45, 2.75) is 39.7 Å². The van der Waals surface area contributed by atoms with Crippen molar-refractivity contribution in [3.63, 3.8) is 0 Å². The van der Waals surface area contributed by atoms with Gasteiger partial charge in [0.15, 0.2) is 0 Å². The van der Waals surface area contributed by atoms with Gasteiger partial charge in [-0.15, -0.1) is 0 Å². The Morgan fingerprint density at radius 2 is 2.24 bits per heavy atom. The quantitative estimate of drug-likeness (QED) is 0.646. The number of hydrogen-bond donors (Lipinski definition) is 1. The molecule has 5 nitrogen and oxygen atoms in total. The summed E-state index contributed by atoms with van der Waals surface area (Å²) in [7, 11) is 0. The zero-order chi connectivity index (χ0) is 15.4. The minimum Gasteiger partial charge on any atom is -0.370 e. The molecule has 21 heavy (non-hydrogen) atoms. The topological polar surface area (TPSA) is 58.4 Å². The van der Waals surface area contributed by atoms with Gasteiger partial charge < -0.3 is 10.2 Å². The van der Waals surface area contributed by atoms with Gasteiger partial charge >= 0.3 is 0 Å². The standard InChI is InChI=1S/C16H25N3O2/c1-12(2)10-18(11-14-5-4-8-17-14)15-6-7-16(19(20)21)13(3)9-15/h6-7,9,12,14,17H,4-5,8,10-11H2,1-3H3. The molecule has 0 aromatic heterocycles. The largest absolute Gasteiger partial charge is 0.370 e. The second-order valence-electron chi connectivity index (χ2n) is 6.32. The lowest BCUT2D eigenvalue weighted by molar-refractivity contribution is -0.385. The molecule has 1 heterocycles. The molecule has 1 atom stereocenters. The van der Waals surface area contributed by atoms with E-state index in [4.69, 9.17) is 0 Å². The Kier molecular flexibility index (Phi) is 5.17. The second-order valence-corrected chi connectivity index (χ2v) is 6.32. The maximum atomic E-state index is 10.9. The van der Waals surface area contributed by atoms with Crippen molar-refractivity contribution in [1.29, 1.82) is 0 Å². The summed E-state index contributed by atoms with van der Waals surface area (Å²) in [6, 6.07) is 5.97. The van der Waals surface area contributed by atoms with Gasteiger partial charge in [-0.05, 0) is 44.4 Å². The summed E-state index contributed by atoms with van der Waals surface area (Å²) in [5, 5.41) is 14.5. The third-order valence-corrected chi connectivity index (χ3v) is 3.93. The lowest BCUT2D eigenvalue weighted by Crippen LogP contribution is -2.39. The smallest absolute Gasteiger partial charge is 0.272 e. The van der Waals surface area contributed by atoms with E-state index in [0.717, 1.165) is 30.9 Å². The first-order valence-electron chi connectivity index (χ1n) is 7.70. The number of nitro groups is 1. The molecule has 0 radical (unpaired) electrons. The Labute approximate surface area is 126 Å². The van der Waals surface area contributed by atoms with Gasteiger partial charge in [-0.25, -0.2) is 0 Å². The average molecular weight is 291 g/mol. The highest BCUT2D eigenvalue weighted by atomic mass is 16.6. The van der Waals surface area contributed by atoms with E-state index >= 15 is 0 Å². The van der Waals surface area contributed by atoms with Crippen LogP contribution in [0.4, 0.5) is 11.4 Å². The van der Waals surface area contributed by atoms with Gasteiger partial charge in [-0.3, -0.25) is 10.1 Å². The third-order valence-electron chi connectivity index (χ3n) is 3.93. The molecule has 1 fully saturated rings. The van der Waals surface area contributed by atoms with E-state index in [0.29, 0.717) is 12.0 Å². The summed E-state index contributed by atoms with van der Waals surface area (Å²) in [6.45, 7) is 9.24. The number of nitro benzene ring substituents is 1. The molecule has 1 aromatic rings. The van der Waals surface area contributed by atoms with Gasteiger partial charge in [-0.1, -0.05) is 13.8 Å². The van der Waals surface area contributed by atoms with Crippen LogP contribution in [0.25, 0.3) is 0 Å². The van der Waals surface area contributed by atoms with Crippen molar-refractivity contribution in [2.75, 3.05) is 24.5 Å². The summed E-state index contributed by atoms with van der Waals surface area (Å²) < 4.78 is 0. The fourth-order valence-corrected chi connectivity index (χ4v) is 2.95. The highest BCUT2D eigenvalue weighted by Gasteiger charge is 2.20. The van der Waals surface area contributed by atoms with Crippen LogP contribution in [0.3, 0.4) is 0 Å². The molecule has 0 bridgehead atoms. The van der Waals surface area contributed by atoms with E-state index in [2.05, 4.69) is 24.1 Å². The molecule has 0 saturated carbocycles. The van der Waals surface area contributed by atoms with E-state index in [1.807, 2.05) is 19.1 Å². The highest BCUT2D eigenvalue weighted by Crippen LogP contribution is 2.25. The number of nitrogens with one attached hydrogen (secondary N) is 1. The summed E-state index contributed by atoms with van der Waals surface area (Å²) in [5.74, 6) is 0.557. The van der Waals surface area contributed by atoms with Gasteiger partial charge in [0.25, 0.3) is 5.69 Å². The minimum atomic E-state index is -0.315. The molecule has 0 aliphatic carbocycles. The molecule has 1 saturated heterocycles. The van der Waals surface area contributed by atoms with Crippen molar-refractivity contribution >= 4 is 11.4 Å². The average Bonchev–Trinajstić information content (AvgIpc) is 2.89. The maximum absolute atomic E-state index is 10.9. The summed E-state index contributed by atoms with van der Waals surface area (Å²) in [4.78, 5) is 13.0. The van der Waals surface area contributed by atoms with Gasteiger partial charge in [-0.2, -0.15) is 0 Å². The van der Waals surface area contributed by atoms with Crippen LogP contribution in [-0.2, 0) is 0 Å². The van der Waals surface area contributed by atoms with E-state index in [-0.39, 0.29) is 10.6 Å². The molecule has 116 valence electrons. The van der Waals surface area contributed by atoms with E-state index in [1.54, 1.807) is 6.07 Å². The minimum absolute atomic E-state index is 0.197. The number of nitrogens with zero attached hydrogens (tertiary/aromatic N) is 2. The van der Waals surface area contributed by atoms with E-state index in [9.17, 15) is 10.1 Å². The summed E-state index contributed by atoms with van der Waals surface area (Å²) >= 11 is 0. The Morgan fingerprint density at radius 3 is 2.76 bits per heavy atom. The molecule has 1 N–H and O–H groups in total. The van der Waals surface area contributed by atoms with Crippen LogP contribution in [-0.4, -0.2) is 30.6 Å². The Balaban J connectivity index is 2.18. The van der Waals surface area contributed by atoms with Crippen LogP contribution in [0, 0.1) is 23.0 Å². The van der Waals surface area contributed by atoms with Crippen molar-refractivity contribution in [1.82, 2.24) is 5.32 Å². The molecule has 0 spiro atoms. The van der Waals surface area contributed by atoms with Crippen LogP contribution in [0.1, 0.15) is 32.3 Å². The fraction of sp³-hybridized carbons (Fsp3) is 0.625. The highest BCUT2D eigenvalue weighted by molar-refractivity contribution is 5.55. The Hall–Kier alpha value is -1.62. The molecule has 1 aliphatic rings. The molecule has 1 aromatic carbocycles. The van der Waals surface area contributed by atoms with Gasteiger partial charge in [0.2, 0.25) is 0 Å². The van der Waals surface area contributed by atoms with Crippen molar-refractivity contribution in [3.05, 3.63) is 33.9 Å². The molecule has 5 heteroatoms. The molecule has 1 unspecified atom stereocenters. The second kappa shape index (κ2) is 6.89. The zero-order valence-corrected chi connectivity index (χ0v) is 13.1. The predicted octanol–water partition coefficient (Wildman–Crippen LogP) is 3.12. The SMILES string of the molecule is Cc1cc(N(CC(C)C)CC2CCCN2)ccc1[N+](=O)[O-]. The van der Waals surface area contributed by atoms with Gasteiger partial charge in [0.1, 0.15) is 0 Å². The Morgan fingerprint density at radius 1 is 1.48 bits per heavy atom. The Bertz CT molecular complexity index is 496. The first-order valence-corrected chi connectivity index (χ1v) is 7.70. The molecule has 1 aliphatic heterocycles. The normalized spacial score (nSPS) is 18.2. The zero-order valence-electron chi connectivity index (χ0n) is 13.1. The van der Waals surface area contributed by atoms with Crippen LogP contribution in [0.2, 0.25) is 0 Å². The van der Waals surface area contributed by atoms with Crippen molar-refractivity contribution in [3.8, 4) is 0 Å². The molecule has 0 amide bonds. The fourth-order valence-electron chi connectivity index (χ4n) is 2.95. The van der Waals surface area contributed by atoms with Crippen LogP contribution >= 0.6 is 0 Å². The number of hydrogen-bond acceptors (Lipinski definition) is 4. The van der Waals surface area contributed by atoms with E-state index < -0.39 is 0 Å². The summed E-state index contributed by atoms with van der Waals surface area (Å²) in [5.41, 5.74) is 2.01. The van der Waals surface area contributed by atoms with Crippen molar-refractivity contribution < 1.29 is 4.92 Å². The lowest BCUT2D eigenvalue weighted by atomic mass is 10.1. The maximum Gasteiger partial charge on any atom is 0.272 e. The predicted molar refractivity (Wildman–Crippen MR) is 85.9 cm³/mol. The number of benzene rings is 1. The number of rotatable bonds is 6. The number of aryl methyl sites for hydroxylation is 1. The molecular weight excluding hydrogens is 266 g/mol.